The summed E-state index contributed by atoms with van der Waals surface area (Å²) in [7, 11) is 1.59. The lowest BCUT2D eigenvalue weighted by atomic mass is 10.1. The summed E-state index contributed by atoms with van der Waals surface area (Å²) < 4.78 is 18.4. The van der Waals surface area contributed by atoms with Crippen molar-refractivity contribution in [3.05, 3.63) is 60.4 Å². The van der Waals surface area contributed by atoms with Gasteiger partial charge in [-0.3, -0.25) is 9.55 Å². The van der Waals surface area contributed by atoms with E-state index in [4.69, 9.17) is 14.2 Å². The van der Waals surface area contributed by atoms with Gasteiger partial charge in [0.15, 0.2) is 0 Å². The van der Waals surface area contributed by atoms with E-state index in [1.807, 2.05) is 31.2 Å². The summed E-state index contributed by atoms with van der Waals surface area (Å²) in [6, 6.07) is 14.6. The van der Waals surface area contributed by atoms with Gasteiger partial charge >= 0.3 is 6.03 Å². The maximum absolute atomic E-state index is 12.3. The smallest absolute Gasteiger partial charge is 0.326 e. The van der Waals surface area contributed by atoms with E-state index < -0.39 is 0 Å². The zero-order valence-corrected chi connectivity index (χ0v) is 18.5. The van der Waals surface area contributed by atoms with Gasteiger partial charge in [0.1, 0.15) is 29.9 Å². The second-order valence-corrected chi connectivity index (χ2v) is 7.37. The lowest BCUT2D eigenvalue weighted by Gasteiger charge is -2.12. The Morgan fingerprint density at radius 2 is 2.03 bits per heavy atom. The van der Waals surface area contributed by atoms with Crippen molar-refractivity contribution in [1.82, 2.24) is 14.9 Å². The molecule has 4 aromatic rings. The number of rotatable bonds is 8. The highest BCUT2D eigenvalue weighted by Crippen LogP contribution is 2.34. The molecule has 2 aromatic carbocycles. The van der Waals surface area contributed by atoms with Gasteiger partial charge in [-0.15, -0.1) is 0 Å². The van der Waals surface area contributed by atoms with Crippen molar-refractivity contribution in [3.63, 3.8) is 0 Å². The van der Waals surface area contributed by atoms with Crippen molar-refractivity contribution in [1.29, 1.82) is 5.26 Å². The molecule has 2 aromatic heterocycles. The fourth-order valence-corrected chi connectivity index (χ4v) is 3.48. The Morgan fingerprint density at radius 1 is 1.15 bits per heavy atom. The first-order chi connectivity index (χ1) is 16.1. The number of methoxy groups -OCH3 is 1. The highest BCUT2D eigenvalue weighted by molar-refractivity contribution is 5.92. The molecule has 0 spiro atoms. The highest BCUT2D eigenvalue weighted by Gasteiger charge is 2.13. The number of benzene rings is 2. The first-order valence-corrected chi connectivity index (χ1v) is 10.7. The summed E-state index contributed by atoms with van der Waals surface area (Å²) in [5.74, 6) is 1.64. The first-order valence-electron chi connectivity index (χ1n) is 10.7. The third kappa shape index (κ3) is 4.73. The zero-order valence-electron chi connectivity index (χ0n) is 18.5. The standard InChI is InChI=1S/C25H24N4O4/c1-3-8-28-25(30)29-10-7-17-13-19(4-5-22(17)29)33-23-6-9-27-21-15-24(32-12-11-31-2)18(16-26)14-20(21)23/h4-7,9-10,13-15H,3,8,11-12H2,1-2H3,(H,28,30). The number of nitriles is 1. The minimum Gasteiger partial charge on any atom is -0.490 e. The Hall–Kier alpha value is -4.09. The summed E-state index contributed by atoms with van der Waals surface area (Å²) in [5, 5.41) is 14.0. The fraction of sp³-hybridized carbons (Fsp3) is 0.240. The molecule has 1 amide bonds. The molecule has 0 saturated heterocycles. The van der Waals surface area contributed by atoms with Gasteiger partial charge in [-0.05, 0) is 42.8 Å². The van der Waals surface area contributed by atoms with Crippen LogP contribution in [0.25, 0.3) is 21.8 Å². The molecule has 0 saturated carbocycles. The van der Waals surface area contributed by atoms with E-state index >= 15 is 0 Å². The minimum atomic E-state index is -0.159. The normalized spacial score (nSPS) is 10.8. The van der Waals surface area contributed by atoms with E-state index in [0.29, 0.717) is 53.5 Å². The number of pyridine rings is 1. The molecule has 0 aliphatic heterocycles. The van der Waals surface area contributed by atoms with Crippen molar-refractivity contribution in [2.45, 2.75) is 13.3 Å². The minimum absolute atomic E-state index is 0.159. The van der Waals surface area contributed by atoms with Crippen molar-refractivity contribution in [2.24, 2.45) is 0 Å². The van der Waals surface area contributed by atoms with Crippen molar-refractivity contribution in [2.75, 3.05) is 26.9 Å². The van der Waals surface area contributed by atoms with Crippen LogP contribution in [0.4, 0.5) is 4.79 Å². The van der Waals surface area contributed by atoms with E-state index in [0.717, 1.165) is 17.3 Å². The van der Waals surface area contributed by atoms with E-state index in [2.05, 4.69) is 16.4 Å². The zero-order chi connectivity index (χ0) is 23.2. The number of fused-ring (bicyclic) bond motifs is 2. The quantitative estimate of drug-likeness (QED) is 0.390. The average molecular weight is 444 g/mol. The Morgan fingerprint density at radius 3 is 2.82 bits per heavy atom. The van der Waals surface area contributed by atoms with Crippen LogP contribution in [0.15, 0.2) is 54.9 Å². The van der Waals surface area contributed by atoms with Gasteiger partial charge in [0.05, 0.1) is 23.2 Å². The van der Waals surface area contributed by atoms with Crippen LogP contribution in [0, 0.1) is 11.3 Å². The molecule has 1 N–H and O–H groups in total. The second kappa shape index (κ2) is 10.0. The molecule has 2 heterocycles. The van der Waals surface area contributed by atoms with Gasteiger partial charge in [-0.1, -0.05) is 6.92 Å². The first kappa shape index (κ1) is 22.1. The second-order valence-electron chi connectivity index (χ2n) is 7.37. The molecular weight excluding hydrogens is 420 g/mol. The van der Waals surface area contributed by atoms with E-state index in [1.165, 1.54) is 0 Å². The van der Waals surface area contributed by atoms with Crippen LogP contribution in [0.5, 0.6) is 17.2 Å². The van der Waals surface area contributed by atoms with Crippen LogP contribution in [0.2, 0.25) is 0 Å². The third-order valence-electron chi connectivity index (χ3n) is 5.10. The molecule has 8 nitrogen and oxygen atoms in total. The maximum Gasteiger partial charge on any atom is 0.326 e. The summed E-state index contributed by atoms with van der Waals surface area (Å²) in [5.41, 5.74) is 1.83. The van der Waals surface area contributed by atoms with Crippen molar-refractivity contribution in [3.8, 4) is 23.3 Å². The van der Waals surface area contributed by atoms with Crippen molar-refractivity contribution < 1.29 is 19.0 Å². The monoisotopic (exact) mass is 444 g/mol. The van der Waals surface area contributed by atoms with E-state index in [1.54, 1.807) is 42.3 Å². The van der Waals surface area contributed by atoms with Gasteiger partial charge in [-0.2, -0.15) is 5.26 Å². The Bertz CT molecular complexity index is 1340. The molecule has 0 aliphatic rings. The molecule has 0 fully saturated rings. The summed E-state index contributed by atoms with van der Waals surface area (Å²) in [6.07, 6.45) is 4.26. The van der Waals surface area contributed by atoms with Gasteiger partial charge in [0.2, 0.25) is 0 Å². The van der Waals surface area contributed by atoms with Crippen LogP contribution >= 0.6 is 0 Å². The predicted octanol–water partition coefficient (Wildman–Crippen LogP) is 4.85. The lowest BCUT2D eigenvalue weighted by molar-refractivity contribution is 0.146. The Labute approximate surface area is 191 Å². The average Bonchev–Trinajstić information content (AvgIpc) is 3.26. The number of carbonyl (C=O) groups is 1. The molecule has 4 rings (SSSR count). The number of hydrogen-bond acceptors (Lipinski definition) is 6. The van der Waals surface area contributed by atoms with Gasteiger partial charge in [0.25, 0.3) is 0 Å². The molecule has 33 heavy (non-hydrogen) atoms. The van der Waals surface area contributed by atoms with Crippen molar-refractivity contribution >= 4 is 27.8 Å². The summed E-state index contributed by atoms with van der Waals surface area (Å²) in [6.45, 7) is 3.39. The number of carbonyl (C=O) groups excluding carboxylic acids is 1. The number of nitrogens with one attached hydrogen (secondary N) is 1. The van der Waals surface area contributed by atoms with Gasteiger partial charge < -0.3 is 19.5 Å². The Kier molecular flexibility index (Phi) is 6.72. The van der Waals surface area contributed by atoms with Gasteiger partial charge in [0, 0.05) is 42.9 Å². The molecule has 8 heteroatoms. The Balaban J connectivity index is 1.63. The van der Waals surface area contributed by atoms with Crippen LogP contribution in [0.3, 0.4) is 0 Å². The van der Waals surface area contributed by atoms with Crippen LogP contribution in [0.1, 0.15) is 18.9 Å². The molecular formula is C25H24N4O4. The fourth-order valence-electron chi connectivity index (χ4n) is 3.48. The largest absolute Gasteiger partial charge is 0.490 e. The topological polar surface area (TPSA) is 98.4 Å². The number of nitrogens with zero attached hydrogens (tertiary/aromatic N) is 3. The summed E-state index contributed by atoms with van der Waals surface area (Å²) >= 11 is 0. The molecule has 0 unspecified atom stereocenters. The number of hydrogen-bond donors (Lipinski definition) is 1. The predicted molar refractivity (Wildman–Crippen MR) is 125 cm³/mol. The third-order valence-corrected chi connectivity index (χ3v) is 5.10. The van der Waals surface area contributed by atoms with Gasteiger partial charge in [-0.25, -0.2) is 4.79 Å². The molecule has 0 aliphatic carbocycles. The number of amides is 1. The SMILES string of the molecule is CCCNC(=O)n1ccc2cc(Oc3ccnc4cc(OCCOC)c(C#N)cc34)ccc21. The molecule has 168 valence electrons. The van der Waals surface area contributed by atoms with E-state index in [-0.39, 0.29) is 6.03 Å². The van der Waals surface area contributed by atoms with Crippen LogP contribution in [-0.4, -0.2) is 42.5 Å². The lowest BCUT2D eigenvalue weighted by Crippen LogP contribution is -2.28. The maximum atomic E-state index is 12.3. The van der Waals surface area contributed by atoms with Crippen LogP contribution < -0.4 is 14.8 Å². The van der Waals surface area contributed by atoms with Crippen LogP contribution in [-0.2, 0) is 4.74 Å². The number of aromatic nitrogens is 2. The number of ether oxygens (including phenoxy) is 3. The molecule has 0 radical (unpaired) electrons. The highest BCUT2D eigenvalue weighted by atomic mass is 16.5. The summed E-state index contributed by atoms with van der Waals surface area (Å²) in [4.78, 5) is 16.7. The van der Waals surface area contributed by atoms with E-state index in [9.17, 15) is 10.1 Å². The molecule has 0 bridgehead atoms. The molecule has 0 atom stereocenters.